The Morgan fingerprint density at radius 1 is 1.30 bits per heavy atom. The average molecular weight is 429 g/mol. The average Bonchev–Trinajstić information content (AvgIpc) is 3.22. The van der Waals surface area contributed by atoms with E-state index in [-0.39, 0.29) is 5.91 Å². The third-order valence-corrected chi connectivity index (χ3v) is 8.37. The van der Waals surface area contributed by atoms with E-state index in [1.807, 2.05) is 12.3 Å². The van der Waals surface area contributed by atoms with Gasteiger partial charge in [-0.25, -0.2) is 18.1 Å². The zero-order valence-electron chi connectivity index (χ0n) is 15.4. The molecular weight excluding hydrogens is 404 g/mol. The highest BCUT2D eigenvalue weighted by Crippen LogP contribution is 2.36. The van der Waals surface area contributed by atoms with Crippen molar-refractivity contribution in [1.29, 1.82) is 0 Å². The minimum Gasteiger partial charge on any atom is -0.302 e. The van der Waals surface area contributed by atoms with Crippen LogP contribution in [-0.4, -0.2) is 50.4 Å². The van der Waals surface area contributed by atoms with Gasteiger partial charge in [0.2, 0.25) is 15.9 Å². The van der Waals surface area contributed by atoms with Crippen molar-refractivity contribution < 1.29 is 13.2 Å². The summed E-state index contributed by atoms with van der Waals surface area (Å²) in [6.45, 7) is 6.53. The van der Waals surface area contributed by atoms with Crippen molar-refractivity contribution in [3.8, 4) is 10.4 Å². The number of aryl methyl sites for hydroxylation is 1. The lowest BCUT2D eigenvalue weighted by Crippen LogP contribution is -2.37. The van der Waals surface area contributed by atoms with Crippen molar-refractivity contribution in [2.24, 2.45) is 0 Å². The van der Waals surface area contributed by atoms with Crippen LogP contribution < -0.4 is 10.0 Å². The summed E-state index contributed by atoms with van der Waals surface area (Å²) < 4.78 is 28.1. The van der Waals surface area contributed by atoms with Crippen molar-refractivity contribution in [3.05, 3.63) is 17.1 Å². The van der Waals surface area contributed by atoms with Gasteiger partial charge in [-0.05, 0) is 38.9 Å². The van der Waals surface area contributed by atoms with Crippen molar-refractivity contribution in [2.75, 3.05) is 31.5 Å². The Labute approximate surface area is 167 Å². The van der Waals surface area contributed by atoms with Gasteiger partial charge in [-0.2, -0.15) is 0 Å². The van der Waals surface area contributed by atoms with E-state index in [9.17, 15) is 13.2 Å². The van der Waals surface area contributed by atoms with Crippen LogP contribution in [0.15, 0.2) is 15.7 Å². The fraction of sp³-hybridized carbons (Fsp3) is 0.529. The van der Waals surface area contributed by atoms with E-state index in [1.165, 1.54) is 48.9 Å². The molecule has 0 aromatic carbocycles. The van der Waals surface area contributed by atoms with Crippen molar-refractivity contribution in [2.45, 2.75) is 37.3 Å². The number of anilines is 1. The lowest BCUT2D eigenvalue weighted by molar-refractivity contribution is -0.114. The lowest BCUT2D eigenvalue weighted by atomic mass is 10.1. The number of sulfonamides is 1. The Kier molecular flexibility index (Phi) is 6.64. The van der Waals surface area contributed by atoms with Crippen LogP contribution in [0.1, 0.15) is 31.9 Å². The van der Waals surface area contributed by atoms with Crippen LogP contribution in [0, 0.1) is 6.92 Å². The minimum atomic E-state index is -3.52. The van der Waals surface area contributed by atoms with Crippen LogP contribution in [0.2, 0.25) is 0 Å². The summed E-state index contributed by atoms with van der Waals surface area (Å²) in [5.41, 5.74) is 1.58. The fourth-order valence-corrected chi connectivity index (χ4v) is 6.35. The summed E-state index contributed by atoms with van der Waals surface area (Å²) in [4.78, 5) is 18.7. The maximum absolute atomic E-state index is 12.6. The van der Waals surface area contributed by atoms with E-state index >= 15 is 0 Å². The molecule has 0 atom stereocenters. The maximum Gasteiger partial charge on any atom is 0.250 e. The summed E-state index contributed by atoms with van der Waals surface area (Å²) in [6, 6.07) is 1.67. The Bertz CT molecular complexity index is 898. The van der Waals surface area contributed by atoms with E-state index in [4.69, 9.17) is 0 Å². The van der Waals surface area contributed by atoms with Crippen LogP contribution in [0.3, 0.4) is 0 Å². The third-order valence-electron chi connectivity index (χ3n) is 4.35. The molecule has 0 aliphatic carbocycles. The van der Waals surface area contributed by atoms with Gasteiger partial charge in [0.1, 0.15) is 4.21 Å². The zero-order valence-corrected chi connectivity index (χ0v) is 17.9. The second-order valence-electron chi connectivity index (χ2n) is 6.57. The first kappa shape index (κ1) is 20.4. The predicted molar refractivity (Wildman–Crippen MR) is 110 cm³/mol. The van der Waals surface area contributed by atoms with Crippen LogP contribution in [0.25, 0.3) is 10.4 Å². The van der Waals surface area contributed by atoms with Gasteiger partial charge >= 0.3 is 0 Å². The van der Waals surface area contributed by atoms with Gasteiger partial charge in [0, 0.05) is 31.0 Å². The summed E-state index contributed by atoms with van der Waals surface area (Å²) in [5, 5.41) is 5.00. The number of likely N-dealkylation sites (tertiary alicyclic amines) is 1. The fourth-order valence-electron chi connectivity index (χ4n) is 3.04. The second-order valence-corrected chi connectivity index (χ2v) is 10.5. The Morgan fingerprint density at radius 3 is 2.74 bits per heavy atom. The van der Waals surface area contributed by atoms with Gasteiger partial charge in [-0.1, -0.05) is 17.8 Å². The molecule has 0 bridgehead atoms. The Morgan fingerprint density at radius 2 is 2.04 bits per heavy atom. The first-order valence-electron chi connectivity index (χ1n) is 8.91. The summed E-state index contributed by atoms with van der Waals surface area (Å²) >= 11 is 2.54. The normalized spacial score (nSPS) is 15.8. The molecule has 2 aromatic heterocycles. The number of aromatic nitrogens is 1. The smallest absolute Gasteiger partial charge is 0.250 e. The molecule has 3 rings (SSSR count). The summed E-state index contributed by atoms with van der Waals surface area (Å²) in [6.07, 6.45) is 3.65. The highest BCUT2D eigenvalue weighted by Gasteiger charge is 2.20. The third kappa shape index (κ3) is 5.35. The molecule has 3 heterocycles. The summed E-state index contributed by atoms with van der Waals surface area (Å²) in [7, 11) is -3.52. The highest BCUT2D eigenvalue weighted by atomic mass is 32.2. The molecule has 2 N–H and O–H groups in total. The van der Waals surface area contributed by atoms with E-state index < -0.39 is 10.0 Å². The number of nitrogens with zero attached hydrogens (tertiary/aromatic N) is 2. The molecule has 0 unspecified atom stereocenters. The van der Waals surface area contributed by atoms with Gasteiger partial charge in [0.15, 0.2) is 5.13 Å². The van der Waals surface area contributed by atoms with Crippen LogP contribution in [-0.2, 0) is 14.8 Å². The Balaban J connectivity index is 1.65. The number of rotatable bonds is 7. The molecule has 1 fully saturated rings. The van der Waals surface area contributed by atoms with Crippen LogP contribution >= 0.6 is 22.7 Å². The van der Waals surface area contributed by atoms with E-state index in [0.29, 0.717) is 15.9 Å². The molecule has 10 heteroatoms. The molecular formula is C17H24N4O3S3. The molecule has 1 aliphatic heterocycles. The number of carbonyl (C=O) groups excluding carboxylic acids is 1. The minimum absolute atomic E-state index is 0.179. The van der Waals surface area contributed by atoms with Crippen molar-refractivity contribution in [1.82, 2.24) is 14.6 Å². The number of amides is 1. The molecule has 0 spiro atoms. The van der Waals surface area contributed by atoms with Gasteiger partial charge < -0.3 is 10.2 Å². The molecule has 1 saturated heterocycles. The monoisotopic (exact) mass is 428 g/mol. The predicted octanol–water partition coefficient (Wildman–Crippen LogP) is 2.90. The zero-order chi connectivity index (χ0) is 19.4. The molecule has 1 aliphatic rings. The largest absolute Gasteiger partial charge is 0.302 e. The van der Waals surface area contributed by atoms with E-state index in [0.717, 1.165) is 35.8 Å². The maximum atomic E-state index is 12.6. The molecule has 7 nitrogen and oxygen atoms in total. The van der Waals surface area contributed by atoms with Gasteiger partial charge in [0.25, 0.3) is 0 Å². The van der Waals surface area contributed by atoms with E-state index in [2.05, 4.69) is 19.9 Å². The number of thiophene rings is 1. The molecule has 2 aromatic rings. The van der Waals surface area contributed by atoms with Gasteiger partial charge in [-0.15, -0.1) is 11.3 Å². The number of hydrogen-bond donors (Lipinski definition) is 2. The molecule has 0 saturated carbocycles. The first-order valence-corrected chi connectivity index (χ1v) is 12.1. The van der Waals surface area contributed by atoms with Crippen LogP contribution in [0.5, 0.6) is 0 Å². The lowest BCUT2D eigenvalue weighted by Gasteiger charge is -2.26. The molecule has 0 radical (unpaired) electrons. The number of nitrogens with one attached hydrogen (secondary N) is 2. The molecule has 1 amide bonds. The number of hydrogen-bond acceptors (Lipinski definition) is 7. The molecule has 27 heavy (non-hydrogen) atoms. The number of carbonyl (C=O) groups is 1. The highest BCUT2D eigenvalue weighted by molar-refractivity contribution is 7.91. The topological polar surface area (TPSA) is 91.4 Å². The van der Waals surface area contributed by atoms with Gasteiger partial charge in [-0.3, -0.25) is 4.79 Å². The van der Waals surface area contributed by atoms with Crippen molar-refractivity contribution >= 4 is 43.7 Å². The van der Waals surface area contributed by atoms with Crippen molar-refractivity contribution in [3.63, 3.8) is 0 Å². The molecule has 148 valence electrons. The van der Waals surface area contributed by atoms with Gasteiger partial charge in [0.05, 0.1) is 10.6 Å². The first-order chi connectivity index (χ1) is 12.8. The van der Waals surface area contributed by atoms with Crippen LogP contribution in [0.4, 0.5) is 5.13 Å². The quantitative estimate of drug-likeness (QED) is 0.708. The summed E-state index contributed by atoms with van der Waals surface area (Å²) in [5.74, 6) is -0.179. The SMILES string of the molecule is CC(=O)Nc1nc(C)c(-c2csc(S(=O)(=O)NCCN3CCCCC3)c2)s1. The number of thiazole rings is 1. The second kappa shape index (κ2) is 8.78. The number of piperidine rings is 1. The Hall–Kier alpha value is -1.33. The standard InChI is InChI=1S/C17H24N4O3S3/c1-12-16(26-17(19-12)20-13(2)22)14-10-15(25-11-14)27(23,24)18-6-9-21-7-4-3-5-8-21/h10-11,18H,3-9H2,1-2H3,(H,19,20,22). The van der Waals surface area contributed by atoms with E-state index in [1.54, 1.807) is 6.07 Å².